The Balaban J connectivity index is 2.14. The van der Waals surface area contributed by atoms with Gasteiger partial charge in [-0.15, -0.1) is 0 Å². The van der Waals surface area contributed by atoms with Crippen LogP contribution in [0.15, 0.2) is 58.3 Å². The Hall–Kier alpha value is -1.39. The molecule has 0 spiro atoms. The number of nitrogens with zero attached hydrogens (tertiary/aromatic N) is 1. The minimum absolute atomic E-state index is 0.132. The van der Waals surface area contributed by atoms with Crippen molar-refractivity contribution in [3.63, 3.8) is 0 Å². The van der Waals surface area contributed by atoms with Crippen LogP contribution in [0.4, 0.5) is 11.4 Å². The molecule has 1 amide bonds. The van der Waals surface area contributed by atoms with Gasteiger partial charge in [0.2, 0.25) is 5.91 Å². The minimum atomic E-state index is 0.132. The van der Waals surface area contributed by atoms with E-state index in [1.54, 1.807) is 23.5 Å². The van der Waals surface area contributed by atoms with Gasteiger partial charge in [0.25, 0.3) is 0 Å². The number of carbonyl (C=O) groups excluding carboxylic acids is 1. The normalized spacial score (nSPS) is 12.8. The zero-order valence-electron chi connectivity index (χ0n) is 10.5. The quantitative estimate of drug-likeness (QED) is 0.826. The van der Waals surface area contributed by atoms with E-state index < -0.39 is 0 Å². The molecule has 0 aromatic heterocycles. The summed E-state index contributed by atoms with van der Waals surface area (Å²) in [4.78, 5) is 16.5. The third-order valence-corrected chi connectivity index (χ3v) is 4.62. The second-order valence-electron chi connectivity index (χ2n) is 4.20. The highest BCUT2D eigenvalue weighted by Crippen LogP contribution is 2.47. The average molecular weight is 287 g/mol. The zero-order chi connectivity index (χ0) is 13.2. The van der Waals surface area contributed by atoms with Crippen LogP contribution in [0.5, 0.6) is 0 Å². The third kappa shape index (κ3) is 2.26. The van der Waals surface area contributed by atoms with E-state index in [4.69, 9.17) is 0 Å². The molecule has 1 aliphatic rings. The van der Waals surface area contributed by atoms with E-state index in [0.29, 0.717) is 5.75 Å². The van der Waals surface area contributed by atoms with Gasteiger partial charge in [-0.1, -0.05) is 36.0 Å². The van der Waals surface area contributed by atoms with E-state index in [-0.39, 0.29) is 5.91 Å². The maximum Gasteiger partial charge on any atom is 0.241 e. The van der Waals surface area contributed by atoms with Gasteiger partial charge in [0, 0.05) is 9.79 Å². The predicted molar refractivity (Wildman–Crippen MR) is 82.5 cm³/mol. The lowest BCUT2D eigenvalue weighted by Crippen LogP contribution is -2.29. The molecule has 2 aromatic carbocycles. The second kappa shape index (κ2) is 5.31. The van der Waals surface area contributed by atoms with Crippen molar-refractivity contribution < 1.29 is 4.79 Å². The van der Waals surface area contributed by atoms with Crippen LogP contribution in [0.2, 0.25) is 0 Å². The van der Waals surface area contributed by atoms with Gasteiger partial charge < -0.3 is 0 Å². The SMILES string of the molecule is CSCC(=O)N1c2ccccc2Sc2ccccc21. The van der Waals surface area contributed by atoms with Crippen molar-refractivity contribution in [2.24, 2.45) is 0 Å². The van der Waals surface area contributed by atoms with Crippen molar-refractivity contribution in [3.8, 4) is 0 Å². The first kappa shape index (κ1) is 12.6. The first-order valence-corrected chi connectivity index (χ1v) is 8.20. The topological polar surface area (TPSA) is 20.3 Å². The summed E-state index contributed by atoms with van der Waals surface area (Å²) >= 11 is 3.28. The van der Waals surface area contributed by atoms with Crippen molar-refractivity contribution in [2.45, 2.75) is 9.79 Å². The Morgan fingerprint density at radius 3 is 2.11 bits per heavy atom. The Morgan fingerprint density at radius 1 is 1.05 bits per heavy atom. The number of amides is 1. The van der Waals surface area contributed by atoms with Gasteiger partial charge in [-0.3, -0.25) is 9.69 Å². The highest BCUT2D eigenvalue weighted by atomic mass is 32.2. The van der Waals surface area contributed by atoms with Gasteiger partial charge >= 0.3 is 0 Å². The zero-order valence-corrected chi connectivity index (χ0v) is 12.1. The number of benzene rings is 2. The van der Waals surface area contributed by atoms with E-state index in [1.807, 2.05) is 47.6 Å². The first-order chi connectivity index (χ1) is 9.31. The van der Waals surface area contributed by atoms with Gasteiger partial charge in [-0.2, -0.15) is 11.8 Å². The van der Waals surface area contributed by atoms with E-state index in [9.17, 15) is 4.79 Å². The number of carbonyl (C=O) groups is 1. The number of thioether (sulfide) groups is 1. The van der Waals surface area contributed by atoms with E-state index in [1.165, 1.54) is 0 Å². The van der Waals surface area contributed by atoms with E-state index in [0.717, 1.165) is 21.2 Å². The molecule has 0 atom stereocenters. The number of hydrogen-bond acceptors (Lipinski definition) is 3. The van der Waals surface area contributed by atoms with Crippen LogP contribution in [0.1, 0.15) is 0 Å². The molecule has 0 bridgehead atoms. The molecular weight excluding hydrogens is 274 g/mol. The number of rotatable bonds is 2. The Kier molecular flexibility index (Phi) is 3.53. The summed E-state index contributed by atoms with van der Waals surface area (Å²) in [5, 5.41) is 0. The van der Waals surface area contributed by atoms with Gasteiger partial charge in [0.15, 0.2) is 0 Å². The summed E-state index contributed by atoms with van der Waals surface area (Å²) in [7, 11) is 0. The van der Waals surface area contributed by atoms with Gasteiger partial charge in [-0.05, 0) is 30.5 Å². The number of hydrogen-bond donors (Lipinski definition) is 0. The van der Waals surface area contributed by atoms with Crippen molar-refractivity contribution >= 4 is 40.8 Å². The van der Waals surface area contributed by atoms with Gasteiger partial charge in [0.05, 0.1) is 17.1 Å². The van der Waals surface area contributed by atoms with Crippen LogP contribution in [0.3, 0.4) is 0 Å². The van der Waals surface area contributed by atoms with Crippen molar-refractivity contribution in [3.05, 3.63) is 48.5 Å². The lowest BCUT2D eigenvalue weighted by molar-refractivity contribution is -0.115. The molecule has 0 saturated carbocycles. The Labute approximate surface area is 121 Å². The molecule has 0 aliphatic carbocycles. The van der Waals surface area contributed by atoms with E-state index in [2.05, 4.69) is 12.1 Å². The summed E-state index contributed by atoms with van der Waals surface area (Å²) in [5.41, 5.74) is 1.98. The maximum atomic E-state index is 12.4. The highest BCUT2D eigenvalue weighted by molar-refractivity contribution is 8.00. The average Bonchev–Trinajstić information content (AvgIpc) is 2.44. The van der Waals surface area contributed by atoms with Crippen molar-refractivity contribution in [2.75, 3.05) is 16.9 Å². The van der Waals surface area contributed by atoms with Crippen LogP contribution in [-0.4, -0.2) is 17.9 Å². The van der Waals surface area contributed by atoms with Gasteiger partial charge in [0.1, 0.15) is 0 Å². The van der Waals surface area contributed by atoms with Crippen LogP contribution in [0, 0.1) is 0 Å². The third-order valence-electron chi connectivity index (χ3n) is 2.95. The molecule has 0 radical (unpaired) electrons. The van der Waals surface area contributed by atoms with Crippen molar-refractivity contribution in [1.82, 2.24) is 0 Å². The standard InChI is InChI=1S/C15H13NOS2/c1-18-10-15(17)16-11-6-2-4-8-13(11)19-14-9-5-3-7-12(14)16/h2-9H,10H2,1H3. The monoisotopic (exact) mass is 287 g/mol. The molecular formula is C15H13NOS2. The molecule has 19 heavy (non-hydrogen) atoms. The van der Waals surface area contributed by atoms with Crippen LogP contribution < -0.4 is 4.90 Å². The molecule has 0 fully saturated rings. The second-order valence-corrected chi connectivity index (χ2v) is 6.15. The summed E-state index contributed by atoms with van der Waals surface area (Å²) in [6.07, 6.45) is 1.95. The molecule has 2 nitrogen and oxygen atoms in total. The number of para-hydroxylation sites is 2. The molecule has 0 unspecified atom stereocenters. The molecule has 1 heterocycles. The molecule has 3 rings (SSSR count). The fourth-order valence-corrected chi connectivity index (χ4v) is 3.60. The fraction of sp³-hybridized carbons (Fsp3) is 0.133. The fourth-order valence-electron chi connectivity index (χ4n) is 2.16. The van der Waals surface area contributed by atoms with Crippen LogP contribution in [-0.2, 0) is 4.79 Å². The minimum Gasteiger partial charge on any atom is -0.278 e. The van der Waals surface area contributed by atoms with Crippen LogP contribution >= 0.6 is 23.5 Å². The lowest BCUT2D eigenvalue weighted by atomic mass is 10.2. The summed E-state index contributed by atoms with van der Waals surface area (Å²) in [6.45, 7) is 0. The van der Waals surface area contributed by atoms with Gasteiger partial charge in [-0.25, -0.2) is 0 Å². The highest BCUT2D eigenvalue weighted by Gasteiger charge is 2.27. The van der Waals surface area contributed by atoms with E-state index >= 15 is 0 Å². The number of fused-ring (bicyclic) bond motifs is 2. The predicted octanol–water partition coefficient (Wildman–Crippen LogP) is 4.18. The lowest BCUT2D eigenvalue weighted by Gasteiger charge is -2.30. The summed E-state index contributed by atoms with van der Waals surface area (Å²) in [6, 6.07) is 16.1. The molecule has 2 aromatic rings. The molecule has 4 heteroatoms. The maximum absolute atomic E-state index is 12.4. The Bertz CT molecular complexity index is 582. The molecule has 0 saturated heterocycles. The summed E-state index contributed by atoms with van der Waals surface area (Å²) in [5.74, 6) is 0.626. The largest absolute Gasteiger partial charge is 0.278 e. The Morgan fingerprint density at radius 2 is 1.58 bits per heavy atom. The first-order valence-electron chi connectivity index (χ1n) is 5.99. The molecule has 0 N–H and O–H groups in total. The smallest absolute Gasteiger partial charge is 0.241 e. The number of anilines is 2. The molecule has 1 aliphatic heterocycles. The van der Waals surface area contributed by atoms with Crippen LogP contribution in [0.25, 0.3) is 0 Å². The van der Waals surface area contributed by atoms with Crippen molar-refractivity contribution in [1.29, 1.82) is 0 Å². The summed E-state index contributed by atoms with van der Waals surface area (Å²) < 4.78 is 0. The molecule has 96 valence electrons.